The van der Waals surface area contributed by atoms with Gasteiger partial charge >= 0.3 is 0 Å². The Morgan fingerprint density at radius 3 is 2.33 bits per heavy atom. The van der Waals surface area contributed by atoms with Crippen molar-refractivity contribution in [3.05, 3.63) is 90.3 Å². The normalized spacial score (nSPS) is 11.9. The van der Waals surface area contributed by atoms with Crippen LogP contribution in [0.5, 0.6) is 5.75 Å². The molecule has 5 nitrogen and oxygen atoms in total. The van der Waals surface area contributed by atoms with Gasteiger partial charge in [-0.1, -0.05) is 24.3 Å². The molecule has 0 saturated carbocycles. The van der Waals surface area contributed by atoms with Crippen LogP contribution in [-0.2, 0) is 0 Å². The highest BCUT2D eigenvalue weighted by molar-refractivity contribution is 5.85. The van der Waals surface area contributed by atoms with E-state index < -0.39 is 0 Å². The SMILES string of the molecule is CCN(CC)c1ccc(C(Nc2ccccn2)c2c(O)ccc3cccnc23)cc1. The minimum Gasteiger partial charge on any atom is -0.507 e. The van der Waals surface area contributed by atoms with E-state index in [1.807, 2.05) is 36.4 Å². The summed E-state index contributed by atoms with van der Waals surface area (Å²) in [6.45, 7) is 6.23. The summed E-state index contributed by atoms with van der Waals surface area (Å²) >= 11 is 0. The Morgan fingerprint density at radius 1 is 0.867 bits per heavy atom. The van der Waals surface area contributed by atoms with Crippen molar-refractivity contribution in [2.24, 2.45) is 0 Å². The van der Waals surface area contributed by atoms with Crippen LogP contribution in [-0.4, -0.2) is 28.2 Å². The summed E-state index contributed by atoms with van der Waals surface area (Å²) in [5, 5.41) is 15.3. The third-order valence-corrected chi connectivity index (χ3v) is 5.39. The predicted molar refractivity (Wildman–Crippen MR) is 123 cm³/mol. The van der Waals surface area contributed by atoms with Crippen LogP contribution in [0.1, 0.15) is 31.0 Å². The van der Waals surface area contributed by atoms with Crippen LogP contribution in [0.2, 0.25) is 0 Å². The number of aromatic nitrogens is 2. The number of pyridine rings is 2. The lowest BCUT2D eigenvalue weighted by Crippen LogP contribution is -2.22. The van der Waals surface area contributed by atoms with Crippen LogP contribution in [0.4, 0.5) is 11.5 Å². The molecule has 0 amide bonds. The number of nitrogens with one attached hydrogen (secondary N) is 1. The summed E-state index contributed by atoms with van der Waals surface area (Å²) in [7, 11) is 0. The zero-order chi connectivity index (χ0) is 20.9. The summed E-state index contributed by atoms with van der Waals surface area (Å²) < 4.78 is 0. The molecule has 0 spiro atoms. The molecule has 0 aliphatic carbocycles. The number of aromatic hydroxyl groups is 1. The van der Waals surface area contributed by atoms with E-state index in [1.54, 1.807) is 18.5 Å². The van der Waals surface area contributed by atoms with Crippen molar-refractivity contribution in [1.82, 2.24) is 9.97 Å². The molecule has 2 aromatic carbocycles. The Kier molecular flexibility index (Phi) is 5.80. The minimum absolute atomic E-state index is 0.211. The standard InChI is InChI=1S/C25H26N4O/c1-3-29(4-2)20-13-10-19(11-14-20)25(28-22-9-5-6-16-26-22)23-21(30)15-12-18-8-7-17-27-24(18)23/h5-17,25,30H,3-4H2,1-2H3,(H,26,28). The van der Waals surface area contributed by atoms with Gasteiger partial charge < -0.3 is 15.3 Å². The van der Waals surface area contributed by atoms with Gasteiger partial charge in [-0.3, -0.25) is 4.98 Å². The number of anilines is 2. The maximum absolute atomic E-state index is 10.8. The second-order valence-electron chi connectivity index (χ2n) is 7.13. The van der Waals surface area contributed by atoms with Crippen molar-refractivity contribution >= 4 is 22.4 Å². The van der Waals surface area contributed by atoms with Crippen LogP contribution >= 0.6 is 0 Å². The molecule has 0 radical (unpaired) electrons. The number of phenols is 1. The molecule has 1 unspecified atom stereocenters. The Hall–Kier alpha value is -3.60. The molecule has 2 heterocycles. The third kappa shape index (κ3) is 3.92. The molecule has 2 N–H and O–H groups in total. The highest BCUT2D eigenvalue weighted by Crippen LogP contribution is 2.37. The van der Waals surface area contributed by atoms with E-state index in [-0.39, 0.29) is 11.8 Å². The molecule has 1 atom stereocenters. The van der Waals surface area contributed by atoms with E-state index in [0.717, 1.165) is 40.9 Å². The molecule has 30 heavy (non-hydrogen) atoms. The van der Waals surface area contributed by atoms with Crippen LogP contribution in [0.25, 0.3) is 10.9 Å². The van der Waals surface area contributed by atoms with Crippen molar-refractivity contribution in [3.63, 3.8) is 0 Å². The number of hydrogen-bond acceptors (Lipinski definition) is 5. The first-order valence-electron chi connectivity index (χ1n) is 10.3. The summed E-state index contributed by atoms with van der Waals surface area (Å²) in [5.41, 5.74) is 3.73. The quantitative estimate of drug-likeness (QED) is 0.437. The maximum atomic E-state index is 10.8. The van der Waals surface area contributed by atoms with Gasteiger partial charge in [0.25, 0.3) is 0 Å². The highest BCUT2D eigenvalue weighted by Gasteiger charge is 2.22. The highest BCUT2D eigenvalue weighted by atomic mass is 16.3. The molecular weight excluding hydrogens is 372 g/mol. The Bertz CT molecular complexity index is 1110. The van der Waals surface area contributed by atoms with Crippen molar-refractivity contribution in [2.75, 3.05) is 23.3 Å². The molecule has 0 bridgehead atoms. The van der Waals surface area contributed by atoms with Crippen LogP contribution in [0, 0.1) is 0 Å². The molecular formula is C25H26N4O. The Labute approximate surface area is 177 Å². The zero-order valence-corrected chi connectivity index (χ0v) is 17.3. The number of hydrogen-bond donors (Lipinski definition) is 2. The van der Waals surface area contributed by atoms with E-state index in [2.05, 4.69) is 58.3 Å². The van der Waals surface area contributed by atoms with Crippen molar-refractivity contribution < 1.29 is 5.11 Å². The smallest absolute Gasteiger partial charge is 0.126 e. The van der Waals surface area contributed by atoms with Crippen molar-refractivity contribution in [1.29, 1.82) is 0 Å². The van der Waals surface area contributed by atoms with Crippen LogP contribution in [0.3, 0.4) is 0 Å². The largest absolute Gasteiger partial charge is 0.507 e. The lowest BCUT2D eigenvalue weighted by molar-refractivity contribution is 0.467. The van der Waals surface area contributed by atoms with Crippen LogP contribution in [0.15, 0.2) is 79.1 Å². The summed E-state index contributed by atoms with van der Waals surface area (Å²) in [6, 6.07) is 21.5. The van der Waals surface area contributed by atoms with E-state index in [4.69, 9.17) is 0 Å². The van der Waals surface area contributed by atoms with Crippen LogP contribution < -0.4 is 10.2 Å². The lowest BCUT2D eigenvalue weighted by Gasteiger charge is -2.25. The molecule has 5 heteroatoms. The Morgan fingerprint density at radius 2 is 1.63 bits per heavy atom. The number of phenolic OH excluding ortho intramolecular Hbond substituents is 1. The second kappa shape index (κ2) is 8.82. The van der Waals surface area contributed by atoms with Gasteiger partial charge in [-0.2, -0.15) is 0 Å². The van der Waals surface area contributed by atoms with E-state index >= 15 is 0 Å². The first kappa shape index (κ1) is 19.7. The molecule has 4 rings (SSSR count). The second-order valence-corrected chi connectivity index (χ2v) is 7.13. The molecule has 0 fully saturated rings. The molecule has 2 aromatic heterocycles. The topological polar surface area (TPSA) is 61.3 Å². The zero-order valence-electron chi connectivity index (χ0n) is 17.3. The molecule has 0 aliphatic heterocycles. The van der Waals surface area contributed by atoms with Gasteiger partial charge in [0.15, 0.2) is 0 Å². The number of rotatable bonds is 7. The molecule has 0 saturated heterocycles. The first-order chi connectivity index (χ1) is 14.7. The van der Waals surface area contributed by atoms with E-state index in [0.29, 0.717) is 0 Å². The predicted octanol–water partition coefficient (Wildman–Crippen LogP) is 5.38. The number of nitrogens with zero attached hydrogens (tertiary/aromatic N) is 3. The molecule has 152 valence electrons. The van der Waals surface area contributed by atoms with Gasteiger partial charge in [-0.05, 0) is 61.9 Å². The van der Waals surface area contributed by atoms with Gasteiger partial charge in [-0.15, -0.1) is 0 Å². The summed E-state index contributed by atoms with van der Waals surface area (Å²) in [5.74, 6) is 0.949. The van der Waals surface area contributed by atoms with Gasteiger partial charge in [0, 0.05) is 42.1 Å². The number of fused-ring (bicyclic) bond motifs is 1. The first-order valence-corrected chi connectivity index (χ1v) is 10.3. The van der Waals surface area contributed by atoms with Crippen molar-refractivity contribution in [2.45, 2.75) is 19.9 Å². The van der Waals surface area contributed by atoms with Crippen molar-refractivity contribution in [3.8, 4) is 5.75 Å². The fourth-order valence-electron chi connectivity index (χ4n) is 3.83. The summed E-state index contributed by atoms with van der Waals surface area (Å²) in [6.07, 6.45) is 3.51. The van der Waals surface area contributed by atoms with Gasteiger partial charge in [0.2, 0.25) is 0 Å². The van der Waals surface area contributed by atoms with Gasteiger partial charge in [0.05, 0.1) is 11.6 Å². The van der Waals surface area contributed by atoms with Gasteiger partial charge in [0.1, 0.15) is 11.6 Å². The fraction of sp³-hybridized carbons (Fsp3) is 0.200. The molecule has 0 aliphatic rings. The lowest BCUT2D eigenvalue weighted by atomic mass is 9.94. The minimum atomic E-state index is -0.302. The molecule has 4 aromatic rings. The van der Waals surface area contributed by atoms with E-state index in [9.17, 15) is 5.11 Å². The monoisotopic (exact) mass is 398 g/mol. The average molecular weight is 399 g/mol. The summed E-state index contributed by atoms with van der Waals surface area (Å²) in [4.78, 5) is 11.3. The maximum Gasteiger partial charge on any atom is 0.126 e. The van der Waals surface area contributed by atoms with Gasteiger partial charge in [-0.25, -0.2) is 4.98 Å². The Balaban J connectivity index is 1.83. The third-order valence-electron chi connectivity index (χ3n) is 5.39. The number of benzene rings is 2. The average Bonchev–Trinajstić information content (AvgIpc) is 2.80. The fourth-order valence-corrected chi connectivity index (χ4v) is 3.83. The van der Waals surface area contributed by atoms with E-state index in [1.165, 1.54) is 5.69 Å².